The largest absolute Gasteiger partial charge is 0.409 e. The van der Waals surface area contributed by atoms with Crippen LogP contribution < -0.4 is 5.73 Å². The number of hydrogen-bond donors (Lipinski definition) is 2. The average Bonchev–Trinajstić information content (AvgIpc) is 2.32. The van der Waals surface area contributed by atoms with Gasteiger partial charge in [-0.05, 0) is 20.0 Å². The van der Waals surface area contributed by atoms with Crippen LogP contribution in [0.1, 0.15) is 18.9 Å². The molecule has 0 aliphatic rings. The number of halogens is 2. The van der Waals surface area contributed by atoms with Gasteiger partial charge >= 0.3 is 0 Å². The van der Waals surface area contributed by atoms with E-state index in [0.717, 1.165) is 6.07 Å². The lowest BCUT2D eigenvalue weighted by atomic mass is 10.1. The summed E-state index contributed by atoms with van der Waals surface area (Å²) in [6.07, 6.45) is 0.371. The third-order valence-corrected chi connectivity index (χ3v) is 2.82. The molecule has 0 spiro atoms. The van der Waals surface area contributed by atoms with E-state index in [1.54, 1.807) is 7.05 Å². The number of amidine groups is 1. The third kappa shape index (κ3) is 3.96. The summed E-state index contributed by atoms with van der Waals surface area (Å²) < 4.78 is 26.2. The van der Waals surface area contributed by atoms with E-state index in [1.807, 2.05) is 11.8 Å². The third-order valence-electron chi connectivity index (χ3n) is 2.82. The van der Waals surface area contributed by atoms with Crippen LogP contribution in [0.15, 0.2) is 23.4 Å². The van der Waals surface area contributed by atoms with Crippen molar-refractivity contribution in [3.63, 3.8) is 0 Å². The first-order valence-corrected chi connectivity index (χ1v) is 5.54. The van der Waals surface area contributed by atoms with Crippen LogP contribution in [0.3, 0.4) is 0 Å². The first kappa shape index (κ1) is 14.4. The van der Waals surface area contributed by atoms with Crippen LogP contribution in [0.4, 0.5) is 8.78 Å². The van der Waals surface area contributed by atoms with Gasteiger partial charge in [0.2, 0.25) is 0 Å². The maximum Gasteiger partial charge on any atom is 0.140 e. The fourth-order valence-corrected chi connectivity index (χ4v) is 1.57. The SMILES string of the molecule is CC(CC(N)=NO)N(C)Cc1ccc(F)cc1F. The van der Waals surface area contributed by atoms with Gasteiger partial charge in [0.1, 0.15) is 17.5 Å². The first-order chi connectivity index (χ1) is 8.43. The Morgan fingerprint density at radius 1 is 1.50 bits per heavy atom. The summed E-state index contributed by atoms with van der Waals surface area (Å²) in [7, 11) is 1.79. The van der Waals surface area contributed by atoms with Crippen molar-refractivity contribution in [2.75, 3.05) is 7.05 Å². The van der Waals surface area contributed by atoms with E-state index < -0.39 is 11.6 Å². The van der Waals surface area contributed by atoms with Crippen molar-refractivity contribution in [1.29, 1.82) is 0 Å². The van der Waals surface area contributed by atoms with E-state index in [0.29, 0.717) is 18.5 Å². The highest BCUT2D eigenvalue weighted by Gasteiger charge is 2.13. The number of hydrogen-bond acceptors (Lipinski definition) is 3. The summed E-state index contributed by atoms with van der Waals surface area (Å²) >= 11 is 0. The monoisotopic (exact) mass is 257 g/mol. The van der Waals surface area contributed by atoms with Crippen LogP contribution in [0.25, 0.3) is 0 Å². The molecular weight excluding hydrogens is 240 g/mol. The summed E-state index contributed by atoms with van der Waals surface area (Å²) in [6.45, 7) is 2.20. The first-order valence-electron chi connectivity index (χ1n) is 5.54. The van der Waals surface area contributed by atoms with Crippen molar-refractivity contribution in [1.82, 2.24) is 4.90 Å². The van der Waals surface area contributed by atoms with E-state index in [2.05, 4.69) is 5.16 Å². The molecule has 100 valence electrons. The molecule has 0 aliphatic carbocycles. The van der Waals surface area contributed by atoms with E-state index in [-0.39, 0.29) is 11.9 Å². The van der Waals surface area contributed by atoms with Crippen molar-refractivity contribution in [2.24, 2.45) is 10.9 Å². The minimum absolute atomic E-state index is 0.0228. The predicted molar refractivity (Wildman–Crippen MR) is 65.3 cm³/mol. The molecule has 0 saturated heterocycles. The molecule has 0 saturated carbocycles. The molecule has 1 atom stereocenters. The zero-order valence-corrected chi connectivity index (χ0v) is 10.4. The fraction of sp³-hybridized carbons (Fsp3) is 0.417. The number of nitrogens with zero attached hydrogens (tertiary/aromatic N) is 2. The van der Waals surface area contributed by atoms with Crippen molar-refractivity contribution in [3.8, 4) is 0 Å². The fourth-order valence-electron chi connectivity index (χ4n) is 1.57. The summed E-state index contributed by atoms with van der Waals surface area (Å²) in [4.78, 5) is 1.84. The topological polar surface area (TPSA) is 61.9 Å². The highest BCUT2D eigenvalue weighted by atomic mass is 19.1. The van der Waals surface area contributed by atoms with Gasteiger partial charge in [0.15, 0.2) is 0 Å². The lowest BCUT2D eigenvalue weighted by Crippen LogP contribution is -2.33. The van der Waals surface area contributed by atoms with E-state index in [4.69, 9.17) is 10.9 Å². The van der Waals surface area contributed by atoms with Gasteiger partial charge < -0.3 is 10.9 Å². The molecule has 1 rings (SSSR count). The molecule has 0 aliphatic heterocycles. The molecule has 1 aromatic rings. The molecule has 0 heterocycles. The second-order valence-corrected chi connectivity index (χ2v) is 4.30. The van der Waals surface area contributed by atoms with Gasteiger partial charge in [0, 0.05) is 30.6 Å². The minimum Gasteiger partial charge on any atom is -0.409 e. The van der Waals surface area contributed by atoms with Gasteiger partial charge in [-0.25, -0.2) is 8.78 Å². The molecule has 0 fully saturated rings. The van der Waals surface area contributed by atoms with E-state index in [1.165, 1.54) is 12.1 Å². The highest BCUT2D eigenvalue weighted by Crippen LogP contribution is 2.13. The number of oxime groups is 1. The summed E-state index contributed by atoms with van der Waals surface area (Å²) in [5.41, 5.74) is 5.81. The molecule has 0 amide bonds. The van der Waals surface area contributed by atoms with Crippen LogP contribution in [0.2, 0.25) is 0 Å². The molecule has 1 aromatic carbocycles. The normalized spacial score (nSPS) is 13.9. The number of rotatable bonds is 5. The second-order valence-electron chi connectivity index (χ2n) is 4.30. The second kappa shape index (κ2) is 6.30. The Kier molecular flexibility index (Phi) is 5.03. The Hall–Kier alpha value is -1.69. The van der Waals surface area contributed by atoms with Gasteiger partial charge in [-0.15, -0.1) is 0 Å². The Bertz CT molecular complexity index is 437. The smallest absolute Gasteiger partial charge is 0.140 e. The lowest BCUT2D eigenvalue weighted by molar-refractivity contribution is 0.247. The van der Waals surface area contributed by atoms with Crippen molar-refractivity contribution >= 4 is 5.84 Å². The Morgan fingerprint density at radius 3 is 2.72 bits per heavy atom. The molecule has 0 aromatic heterocycles. The maximum absolute atomic E-state index is 13.4. The zero-order chi connectivity index (χ0) is 13.7. The number of benzene rings is 1. The van der Waals surface area contributed by atoms with Gasteiger partial charge in [0.05, 0.1) is 0 Å². The van der Waals surface area contributed by atoms with Gasteiger partial charge in [0.25, 0.3) is 0 Å². The van der Waals surface area contributed by atoms with Crippen molar-refractivity contribution < 1.29 is 14.0 Å². The number of nitrogens with two attached hydrogens (primary N) is 1. The zero-order valence-electron chi connectivity index (χ0n) is 10.4. The Labute approximate surface area is 105 Å². The maximum atomic E-state index is 13.4. The van der Waals surface area contributed by atoms with Crippen LogP contribution in [-0.2, 0) is 6.54 Å². The van der Waals surface area contributed by atoms with Gasteiger partial charge in [-0.1, -0.05) is 11.2 Å². The molecule has 6 heteroatoms. The minimum atomic E-state index is -0.594. The lowest BCUT2D eigenvalue weighted by Gasteiger charge is -2.24. The molecule has 0 bridgehead atoms. The Morgan fingerprint density at radius 2 is 2.17 bits per heavy atom. The van der Waals surface area contributed by atoms with Crippen LogP contribution >= 0.6 is 0 Å². The summed E-state index contributed by atoms with van der Waals surface area (Å²) in [6, 6.07) is 3.47. The van der Waals surface area contributed by atoms with Crippen molar-refractivity contribution in [2.45, 2.75) is 25.9 Å². The highest BCUT2D eigenvalue weighted by molar-refractivity contribution is 5.80. The predicted octanol–water partition coefficient (Wildman–Crippen LogP) is 1.92. The average molecular weight is 257 g/mol. The van der Waals surface area contributed by atoms with E-state index >= 15 is 0 Å². The van der Waals surface area contributed by atoms with E-state index in [9.17, 15) is 8.78 Å². The van der Waals surface area contributed by atoms with Gasteiger partial charge in [-0.2, -0.15) is 0 Å². The molecule has 18 heavy (non-hydrogen) atoms. The summed E-state index contributed by atoms with van der Waals surface area (Å²) in [5, 5.41) is 11.4. The molecule has 3 N–H and O–H groups in total. The molecule has 4 nitrogen and oxygen atoms in total. The van der Waals surface area contributed by atoms with Crippen LogP contribution in [0.5, 0.6) is 0 Å². The van der Waals surface area contributed by atoms with Crippen molar-refractivity contribution in [3.05, 3.63) is 35.4 Å². The summed E-state index contributed by atoms with van der Waals surface area (Å²) in [5.74, 6) is -1.05. The quantitative estimate of drug-likeness (QED) is 0.366. The van der Waals surface area contributed by atoms with Crippen LogP contribution in [0, 0.1) is 11.6 Å². The molecule has 0 radical (unpaired) electrons. The molecular formula is C12H17F2N3O. The Balaban J connectivity index is 2.66. The molecule has 1 unspecified atom stereocenters. The standard InChI is InChI=1S/C12H17F2N3O/c1-8(5-12(15)16-18)17(2)7-9-3-4-10(13)6-11(9)14/h3-4,6,8,18H,5,7H2,1-2H3,(H2,15,16). The van der Waals surface area contributed by atoms with Crippen LogP contribution in [-0.4, -0.2) is 29.0 Å². The van der Waals surface area contributed by atoms with Gasteiger partial charge in [-0.3, -0.25) is 4.90 Å².